The molecule has 0 aromatic heterocycles. The molecule has 0 aromatic carbocycles. The van der Waals surface area contributed by atoms with Crippen LogP contribution in [0.4, 0.5) is 0 Å². The number of hydrogen-bond acceptors (Lipinski definition) is 2. The minimum absolute atomic E-state index is 0. The molecule has 0 atom stereocenters. The molecule has 0 heterocycles. The summed E-state index contributed by atoms with van der Waals surface area (Å²) in [7, 11) is 0. The first-order valence-corrected chi connectivity index (χ1v) is 4.32. The summed E-state index contributed by atoms with van der Waals surface area (Å²) in [6.07, 6.45) is 7.61. The predicted molar refractivity (Wildman–Crippen MR) is 45.8 cm³/mol. The molecule has 0 bridgehead atoms. The van der Waals surface area contributed by atoms with E-state index in [-0.39, 0.29) is 53.5 Å². The van der Waals surface area contributed by atoms with Crippen molar-refractivity contribution >= 4 is 0 Å². The normalized spacial score (nSPS) is 8.50. The van der Waals surface area contributed by atoms with Gasteiger partial charge in [-0.15, -0.1) is 0 Å². The Morgan fingerprint density at radius 3 is 1.08 bits per heavy atom. The molecule has 4 N–H and O–H groups in total. The molecule has 0 radical (unpaired) electrons. The van der Waals surface area contributed by atoms with Gasteiger partial charge in [-0.1, -0.05) is 25.7 Å². The Morgan fingerprint density at radius 1 is 0.583 bits per heavy atom. The topological polar surface area (TPSA) is 52.0 Å². The van der Waals surface area contributed by atoms with Gasteiger partial charge in [0.25, 0.3) is 0 Å². The molecule has 70 valence electrons. The van der Waals surface area contributed by atoms with Crippen molar-refractivity contribution < 1.29 is 53.5 Å². The Balaban J connectivity index is -0.000000405. The standard InChI is InChI=1S/C8H20N2.HI.Na/c9-7-5-3-1-2-4-6-8-10;;/h1-10H2;1H;/q;;+1/p-1. The molecule has 4 heteroatoms. The third-order valence-corrected chi connectivity index (χ3v) is 1.66. The van der Waals surface area contributed by atoms with Gasteiger partial charge in [0.1, 0.15) is 0 Å². The molecule has 0 aliphatic rings. The monoisotopic (exact) mass is 294 g/mol. The Kier molecular flexibility index (Phi) is 29.6. The van der Waals surface area contributed by atoms with Crippen molar-refractivity contribution in [3.8, 4) is 0 Å². The molecule has 0 fully saturated rings. The molecule has 0 saturated heterocycles. The second kappa shape index (κ2) is 18.4. The average molecular weight is 294 g/mol. The Bertz CT molecular complexity index is 57.0. The number of unbranched alkanes of at least 4 members (excludes halogenated alkanes) is 5. The van der Waals surface area contributed by atoms with Crippen LogP contribution in [0.2, 0.25) is 0 Å². The minimum atomic E-state index is 0. The van der Waals surface area contributed by atoms with Crippen molar-refractivity contribution in [2.45, 2.75) is 38.5 Å². The van der Waals surface area contributed by atoms with Crippen molar-refractivity contribution in [1.29, 1.82) is 0 Å². The van der Waals surface area contributed by atoms with Crippen molar-refractivity contribution in [3.05, 3.63) is 0 Å². The summed E-state index contributed by atoms with van der Waals surface area (Å²) >= 11 is 0. The summed E-state index contributed by atoms with van der Waals surface area (Å²) in [6.45, 7) is 1.69. The number of hydrogen-bond donors (Lipinski definition) is 2. The van der Waals surface area contributed by atoms with Crippen molar-refractivity contribution in [2.24, 2.45) is 11.5 Å². The first kappa shape index (κ1) is 19.3. The predicted octanol–water partition coefficient (Wildman–Crippen LogP) is -4.75. The summed E-state index contributed by atoms with van der Waals surface area (Å²) in [5.41, 5.74) is 10.7. The average Bonchev–Trinajstić information content (AvgIpc) is 1.97. The van der Waals surface area contributed by atoms with Crippen LogP contribution in [0, 0.1) is 0 Å². The third-order valence-electron chi connectivity index (χ3n) is 1.66. The Labute approximate surface area is 116 Å². The second-order valence-electron chi connectivity index (χ2n) is 2.70. The van der Waals surface area contributed by atoms with Crippen molar-refractivity contribution in [3.63, 3.8) is 0 Å². The summed E-state index contributed by atoms with van der Waals surface area (Å²) < 4.78 is 0. The molecule has 0 aliphatic heterocycles. The van der Waals surface area contributed by atoms with E-state index in [1.165, 1.54) is 38.5 Å². The summed E-state index contributed by atoms with van der Waals surface area (Å²) in [5.74, 6) is 0. The second-order valence-corrected chi connectivity index (χ2v) is 2.70. The maximum absolute atomic E-state index is 5.35. The smallest absolute Gasteiger partial charge is 1.00 e. The van der Waals surface area contributed by atoms with Gasteiger partial charge in [0.05, 0.1) is 0 Å². The van der Waals surface area contributed by atoms with Gasteiger partial charge in [-0.05, 0) is 25.9 Å². The maximum atomic E-state index is 5.35. The number of nitrogens with two attached hydrogens (primary N) is 2. The molecule has 12 heavy (non-hydrogen) atoms. The van der Waals surface area contributed by atoms with E-state index >= 15 is 0 Å². The molecule has 2 nitrogen and oxygen atoms in total. The molecule has 0 spiro atoms. The van der Waals surface area contributed by atoms with Crippen LogP contribution in [0.25, 0.3) is 0 Å². The summed E-state index contributed by atoms with van der Waals surface area (Å²) in [5, 5.41) is 0. The molecule has 0 rings (SSSR count). The fraction of sp³-hybridized carbons (Fsp3) is 1.00. The molecular weight excluding hydrogens is 274 g/mol. The van der Waals surface area contributed by atoms with E-state index in [1.54, 1.807) is 0 Å². The first-order valence-electron chi connectivity index (χ1n) is 4.32. The molecule has 0 aliphatic carbocycles. The number of rotatable bonds is 7. The molecule has 0 amide bonds. The van der Waals surface area contributed by atoms with Gasteiger partial charge < -0.3 is 35.4 Å². The van der Waals surface area contributed by atoms with Crippen LogP contribution < -0.4 is 65.0 Å². The first-order chi connectivity index (χ1) is 4.91. The fourth-order valence-electron chi connectivity index (χ4n) is 0.996. The zero-order valence-corrected chi connectivity index (χ0v) is 12.3. The van der Waals surface area contributed by atoms with Gasteiger partial charge in [-0.3, -0.25) is 0 Å². The van der Waals surface area contributed by atoms with Gasteiger partial charge >= 0.3 is 29.6 Å². The molecule has 0 saturated carbocycles. The zero-order chi connectivity index (χ0) is 7.66. The summed E-state index contributed by atoms with van der Waals surface area (Å²) in [6, 6.07) is 0. The van der Waals surface area contributed by atoms with E-state index in [0.29, 0.717) is 0 Å². The number of halogens is 1. The van der Waals surface area contributed by atoms with E-state index in [4.69, 9.17) is 11.5 Å². The molecular formula is C8H20IN2Na. The van der Waals surface area contributed by atoms with Crippen LogP contribution >= 0.6 is 0 Å². The molecule has 0 unspecified atom stereocenters. The van der Waals surface area contributed by atoms with Gasteiger partial charge in [-0.25, -0.2) is 0 Å². The Morgan fingerprint density at radius 2 is 0.833 bits per heavy atom. The zero-order valence-electron chi connectivity index (χ0n) is 8.19. The van der Waals surface area contributed by atoms with Crippen LogP contribution in [0.1, 0.15) is 38.5 Å². The van der Waals surface area contributed by atoms with Gasteiger partial charge in [-0.2, -0.15) is 0 Å². The van der Waals surface area contributed by atoms with Crippen molar-refractivity contribution in [1.82, 2.24) is 0 Å². The van der Waals surface area contributed by atoms with Crippen LogP contribution in [-0.2, 0) is 0 Å². The van der Waals surface area contributed by atoms with Gasteiger partial charge in [0, 0.05) is 0 Å². The van der Waals surface area contributed by atoms with Crippen molar-refractivity contribution in [2.75, 3.05) is 13.1 Å². The molecule has 0 aromatic rings. The van der Waals surface area contributed by atoms with Crippen LogP contribution in [0.3, 0.4) is 0 Å². The van der Waals surface area contributed by atoms with E-state index in [9.17, 15) is 0 Å². The largest absolute Gasteiger partial charge is 1.00 e. The minimum Gasteiger partial charge on any atom is -1.00 e. The fourth-order valence-corrected chi connectivity index (χ4v) is 0.996. The van der Waals surface area contributed by atoms with E-state index in [0.717, 1.165) is 13.1 Å². The van der Waals surface area contributed by atoms with E-state index in [2.05, 4.69) is 0 Å². The SMILES string of the molecule is NCCCCCCCCN.[I-].[Na+]. The Hall–Kier alpha value is 1.65. The van der Waals surface area contributed by atoms with E-state index in [1.807, 2.05) is 0 Å². The van der Waals surface area contributed by atoms with Crippen LogP contribution in [-0.4, -0.2) is 13.1 Å². The van der Waals surface area contributed by atoms with Crippen LogP contribution in [0.5, 0.6) is 0 Å². The maximum Gasteiger partial charge on any atom is 1.00 e. The van der Waals surface area contributed by atoms with Crippen LogP contribution in [0.15, 0.2) is 0 Å². The van der Waals surface area contributed by atoms with Gasteiger partial charge in [0.2, 0.25) is 0 Å². The summed E-state index contributed by atoms with van der Waals surface area (Å²) in [4.78, 5) is 0. The quantitative estimate of drug-likeness (QED) is 0.281. The van der Waals surface area contributed by atoms with E-state index < -0.39 is 0 Å². The third kappa shape index (κ3) is 17.7. The van der Waals surface area contributed by atoms with Gasteiger partial charge in [0.15, 0.2) is 0 Å².